The molecule has 0 aliphatic carbocycles. The molecule has 0 aliphatic rings. The van der Waals surface area contributed by atoms with E-state index >= 15 is 0 Å². The van der Waals surface area contributed by atoms with Crippen LogP contribution in [-0.2, 0) is 0 Å². The number of rotatable bonds is 6. The highest BCUT2D eigenvalue weighted by Gasteiger charge is 2.22. The summed E-state index contributed by atoms with van der Waals surface area (Å²) in [6.45, 7) is 0. The molecule has 0 saturated carbocycles. The number of benzene rings is 7. The number of hydrogen-bond donors (Lipinski definition) is 0. The van der Waals surface area contributed by atoms with Crippen molar-refractivity contribution in [3.63, 3.8) is 0 Å². The van der Waals surface area contributed by atoms with Crippen molar-refractivity contribution in [2.24, 2.45) is 0 Å². The lowest BCUT2D eigenvalue weighted by atomic mass is 10.0. The van der Waals surface area contributed by atoms with Gasteiger partial charge in [0, 0.05) is 49.5 Å². The zero-order valence-corrected chi connectivity index (χ0v) is 31.0. The third kappa shape index (κ3) is 5.40. The van der Waals surface area contributed by atoms with Gasteiger partial charge in [0.25, 0.3) is 0 Å². The molecule has 0 fully saturated rings. The average molecular weight is 733 g/mol. The van der Waals surface area contributed by atoms with Crippen LogP contribution in [0.15, 0.2) is 194 Å². The number of para-hydroxylation sites is 2. The molecule has 11 aromatic rings. The van der Waals surface area contributed by atoms with Gasteiger partial charge in [-0.25, -0.2) is 15.0 Å². The minimum atomic E-state index is 0.700. The summed E-state index contributed by atoms with van der Waals surface area (Å²) in [5.74, 6) is 0.700. The normalized spacial score (nSPS) is 11.6. The summed E-state index contributed by atoms with van der Waals surface area (Å²) in [5, 5.41) is 4.94. The second-order valence-corrected chi connectivity index (χ2v) is 15.0. The van der Waals surface area contributed by atoms with Crippen LogP contribution < -0.4 is 0 Å². The van der Waals surface area contributed by atoms with Gasteiger partial charge < -0.3 is 4.57 Å². The standard InChI is InChI=1S/C51H32N4S/c1-4-15-33(16-5-1)37-21-14-22-38(31-37)44-32-43(53-50(54-44)36-19-8-3-9-20-36)34-27-29-39(30-28-34)55-45-26-13-11-24-41(45)47-46-40-23-10-12-25-42(40)52-48(49(46)56-51(47)55)35-17-6-2-7-18-35/h1-32H. The monoisotopic (exact) mass is 732 g/mol. The Kier molecular flexibility index (Phi) is 7.64. The van der Waals surface area contributed by atoms with Gasteiger partial charge in [0.05, 0.1) is 32.8 Å². The summed E-state index contributed by atoms with van der Waals surface area (Å²) in [4.78, 5) is 16.7. The Balaban J connectivity index is 1.08. The molecule has 0 radical (unpaired) electrons. The summed E-state index contributed by atoms with van der Waals surface area (Å²) in [5.41, 5.74) is 12.6. The lowest BCUT2D eigenvalue weighted by Gasteiger charge is -2.12. The summed E-state index contributed by atoms with van der Waals surface area (Å²) in [6, 6.07) is 68.1. The van der Waals surface area contributed by atoms with Crippen molar-refractivity contribution < 1.29 is 0 Å². The van der Waals surface area contributed by atoms with Crippen molar-refractivity contribution in [3.8, 4) is 62.0 Å². The first-order chi connectivity index (χ1) is 27.8. The quantitative estimate of drug-likeness (QED) is 0.171. The van der Waals surface area contributed by atoms with E-state index in [2.05, 4.69) is 174 Å². The smallest absolute Gasteiger partial charge is 0.160 e. The van der Waals surface area contributed by atoms with E-state index in [-0.39, 0.29) is 0 Å². The number of thiophene rings is 1. The summed E-state index contributed by atoms with van der Waals surface area (Å²) in [7, 11) is 0. The van der Waals surface area contributed by atoms with Crippen LogP contribution in [-0.4, -0.2) is 19.5 Å². The maximum absolute atomic E-state index is 5.24. The maximum atomic E-state index is 5.24. The molecule has 0 N–H and O–H groups in total. The molecule has 262 valence electrons. The average Bonchev–Trinajstić information content (AvgIpc) is 3.82. The zero-order valence-electron chi connectivity index (χ0n) is 30.2. The highest BCUT2D eigenvalue weighted by Crippen LogP contribution is 2.47. The number of aromatic nitrogens is 4. The van der Waals surface area contributed by atoms with Gasteiger partial charge in [-0.1, -0.05) is 158 Å². The molecule has 7 aromatic carbocycles. The molecule has 0 unspecified atom stereocenters. The van der Waals surface area contributed by atoms with E-state index in [0.29, 0.717) is 5.82 Å². The van der Waals surface area contributed by atoms with E-state index in [4.69, 9.17) is 15.0 Å². The predicted octanol–water partition coefficient (Wildman–Crippen LogP) is 13.7. The molecular weight excluding hydrogens is 701 g/mol. The maximum Gasteiger partial charge on any atom is 0.160 e. The Labute approximate surface area is 327 Å². The van der Waals surface area contributed by atoms with Crippen molar-refractivity contribution in [1.82, 2.24) is 19.5 Å². The van der Waals surface area contributed by atoms with Gasteiger partial charge in [-0.2, -0.15) is 0 Å². The molecular formula is C51H32N4S. The van der Waals surface area contributed by atoms with Gasteiger partial charge in [-0.15, -0.1) is 11.3 Å². The third-order valence-electron chi connectivity index (χ3n) is 10.6. The van der Waals surface area contributed by atoms with E-state index < -0.39 is 0 Å². The SMILES string of the molecule is c1ccc(-c2cccc(-c3cc(-c4ccc(-n5c6ccccc6c6c7c(sc65)c(-c5ccccc5)nc5ccccc57)cc4)nc(-c4ccccc4)n3)c2)cc1. The molecule has 0 aliphatic heterocycles. The Morgan fingerprint density at radius 2 is 0.982 bits per heavy atom. The number of fused-ring (bicyclic) bond motifs is 7. The van der Waals surface area contributed by atoms with Gasteiger partial charge in [0.15, 0.2) is 5.82 Å². The van der Waals surface area contributed by atoms with Gasteiger partial charge in [-0.05, 0) is 47.5 Å². The van der Waals surface area contributed by atoms with Crippen LogP contribution in [0.1, 0.15) is 0 Å². The molecule has 4 heterocycles. The first-order valence-electron chi connectivity index (χ1n) is 18.8. The van der Waals surface area contributed by atoms with E-state index in [1.807, 2.05) is 35.6 Å². The molecule has 4 nitrogen and oxygen atoms in total. The van der Waals surface area contributed by atoms with Crippen molar-refractivity contribution in [2.45, 2.75) is 0 Å². The Hall–Kier alpha value is -7.21. The lowest BCUT2D eigenvalue weighted by Crippen LogP contribution is -1.97. The molecule has 0 amide bonds. The number of hydrogen-bond acceptors (Lipinski definition) is 4. The third-order valence-corrected chi connectivity index (χ3v) is 11.8. The van der Waals surface area contributed by atoms with Gasteiger partial charge >= 0.3 is 0 Å². The number of pyridine rings is 1. The Bertz CT molecular complexity index is 3220. The molecule has 56 heavy (non-hydrogen) atoms. The second-order valence-electron chi connectivity index (χ2n) is 14.0. The first kappa shape index (κ1) is 32.2. The molecule has 0 bridgehead atoms. The molecule has 5 heteroatoms. The largest absolute Gasteiger partial charge is 0.301 e. The minimum absolute atomic E-state index is 0.700. The molecule has 4 aromatic heterocycles. The van der Waals surface area contributed by atoms with Crippen LogP contribution in [0.4, 0.5) is 0 Å². The second kappa shape index (κ2) is 13.3. The first-order valence-corrected chi connectivity index (χ1v) is 19.6. The van der Waals surface area contributed by atoms with Crippen LogP contribution in [0.25, 0.3) is 104 Å². The van der Waals surface area contributed by atoms with Crippen LogP contribution in [0.5, 0.6) is 0 Å². The van der Waals surface area contributed by atoms with Crippen LogP contribution in [0.2, 0.25) is 0 Å². The zero-order chi connectivity index (χ0) is 37.0. The fraction of sp³-hybridized carbons (Fsp3) is 0. The van der Waals surface area contributed by atoms with Gasteiger partial charge in [-0.3, -0.25) is 0 Å². The molecule has 0 saturated heterocycles. The van der Waals surface area contributed by atoms with Gasteiger partial charge in [0.1, 0.15) is 4.83 Å². The molecule has 11 rings (SSSR count). The lowest BCUT2D eigenvalue weighted by molar-refractivity contribution is 1.17. The summed E-state index contributed by atoms with van der Waals surface area (Å²) >= 11 is 1.82. The fourth-order valence-corrected chi connectivity index (χ4v) is 9.35. The fourth-order valence-electron chi connectivity index (χ4n) is 7.97. The highest BCUT2D eigenvalue weighted by molar-refractivity contribution is 7.26. The molecule has 0 spiro atoms. The van der Waals surface area contributed by atoms with E-state index in [9.17, 15) is 0 Å². The summed E-state index contributed by atoms with van der Waals surface area (Å²) < 4.78 is 3.62. The van der Waals surface area contributed by atoms with Crippen LogP contribution in [0, 0.1) is 0 Å². The van der Waals surface area contributed by atoms with E-state index in [1.54, 1.807) is 0 Å². The van der Waals surface area contributed by atoms with Crippen molar-refractivity contribution in [1.29, 1.82) is 0 Å². The summed E-state index contributed by atoms with van der Waals surface area (Å²) in [6.07, 6.45) is 0. The van der Waals surface area contributed by atoms with Crippen molar-refractivity contribution in [3.05, 3.63) is 194 Å². The van der Waals surface area contributed by atoms with Crippen molar-refractivity contribution in [2.75, 3.05) is 0 Å². The molecule has 0 atom stereocenters. The predicted molar refractivity (Wildman–Crippen MR) is 234 cm³/mol. The van der Waals surface area contributed by atoms with E-state index in [1.165, 1.54) is 42.2 Å². The van der Waals surface area contributed by atoms with Gasteiger partial charge in [0.2, 0.25) is 0 Å². The highest BCUT2D eigenvalue weighted by atomic mass is 32.1. The van der Waals surface area contributed by atoms with E-state index in [0.717, 1.165) is 56.1 Å². The number of nitrogens with zero attached hydrogens (tertiary/aromatic N) is 4. The van der Waals surface area contributed by atoms with Crippen LogP contribution in [0.3, 0.4) is 0 Å². The Morgan fingerprint density at radius 3 is 1.73 bits per heavy atom. The minimum Gasteiger partial charge on any atom is -0.301 e. The van der Waals surface area contributed by atoms with Crippen molar-refractivity contribution >= 4 is 53.4 Å². The van der Waals surface area contributed by atoms with Crippen LogP contribution >= 0.6 is 11.3 Å². The topological polar surface area (TPSA) is 43.6 Å². The Morgan fingerprint density at radius 1 is 0.393 bits per heavy atom.